The third kappa shape index (κ3) is 3.29. The number of nitro benzene ring substituents is 1. The van der Waals surface area contributed by atoms with Crippen LogP contribution in [-0.4, -0.2) is 11.5 Å². The van der Waals surface area contributed by atoms with Gasteiger partial charge < -0.3 is 5.32 Å². The normalized spacial score (nSPS) is 16.9. The number of hydrogen-bond acceptors (Lipinski definition) is 3. The standard InChI is InChI=1S/C14H19FN2O2/c1-2-14(4-3-5-14)10-16-9-11-6-12(15)8-13(7-11)17(18)19/h6-8,16H,2-5,9-10H2,1H3. The van der Waals surface area contributed by atoms with Crippen LogP contribution in [0.2, 0.25) is 0 Å². The van der Waals surface area contributed by atoms with Crippen LogP contribution in [0.5, 0.6) is 0 Å². The van der Waals surface area contributed by atoms with Crippen molar-refractivity contribution in [3.63, 3.8) is 0 Å². The molecule has 1 fully saturated rings. The Bertz CT molecular complexity index is 467. The van der Waals surface area contributed by atoms with Crippen molar-refractivity contribution in [2.24, 2.45) is 5.41 Å². The first kappa shape index (κ1) is 13.9. The largest absolute Gasteiger partial charge is 0.312 e. The van der Waals surface area contributed by atoms with Crippen molar-refractivity contribution in [3.05, 3.63) is 39.7 Å². The molecule has 0 atom stereocenters. The zero-order valence-corrected chi connectivity index (χ0v) is 11.1. The number of rotatable bonds is 6. The van der Waals surface area contributed by atoms with Gasteiger partial charge in [0, 0.05) is 19.2 Å². The molecule has 0 amide bonds. The van der Waals surface area contributed by atoms with Gasteiger partial charge in [0.1, 0.15) is 5.82 Å². The van der Waals surface area contributed by atoms with Crippen LogP contribution in [0.1, 0.15) is 38.2 Å². The zero-order chi connectivity index (χ0) is 13.9. The van der Waals surface area contributed by atoms with Crippen molar-refractivity contribution < 1.29 is 9.31 Å². The quantitative estimate of drug-likeness (QED) is 0.634. The van der Waals surface area contributed by atoms with E-state index in [0.29, 0.717) is 17.5 Å². The highest BCUT2D eigenvalue weighted by molar-refractivity contribution is 5.35. The molecule has 4 nitrogen and oxygen atoms in total. The minimum Gasteiger partial charge on any atom is -0.312 e. The van der Waals surface area contributed by atoms with Gasteiger partial charge in [0.2, 0.25) is 0 Å². The fraction of sp³-hybridized carbons (Fsp3) is 0.571. The highest BCUT2D eigenvalue weighted by atomic mass is 19.1. The summed E-state index contributed by atoms with van der Waals surface area (Å²) in [4.78, 5) is 10.1. The summed E-state index contributed by atoms with van der Waals surface area (Å²) in [7, 11) is 0. The number of nitrogens with zero attached hydrogens (tertiary/aromatic N) is 1. The van der Waals surface area contributed by atoms with E-state index in [1.54, 1.807) is 0 Å². The molecule has 1 aliphatic carbocycles. The summed E-state index contributed by atoms with van der Waals surface area (Å²) < 4.78 is 13.3. The molecule has 0 heterocycles. The van der Waals surface area contributed by atoms with E-state index in [2.05, 4.69) is 12.2 Å². The van der Waals surface area contributed by atoms with E-state index in [1.165, 1.54) is 31.4 Å². The summed E-state index contributed by atoms with van der Waals surface area (Å²) in [6.45, 7) is 3.56. The molecule has 1 aromatic rings. The first-order chi connectivity index (χ1) is 9.04. The number of hydrogen-bond donors (Lipinski definition) is 1. The second kappa shape index (κ2) is 5.65. The van der Waals surface area contributed by atoms with Gasteiger partial charge in [0.25, 0.3) is 5.69 Å². The van der Waals surface area contributed by atoms with Crippen molar-refractivity contribution in [1.82, 2.24) is 5.32 Å². The molecule has 19 heavy (non-hydrogen) atoms. The van der Waals surface area contributed by atoms with Crippen LogP contribution < -0.4 is 5.32 Å². The number of nitro groups is 1. The van der Waals surface area contributed by atoms with Gasteiger partial charge in [0.05, 0.1) is 11.0 Å². The molecule has 0 aliphatic heterocycles. The fourth-order valence-electron chi connectivity index (χ4n) is 2.64. The van der Waals surface area contributed by atoms with Gasteiger partial charge in [-0.2, -0.15) is 0 Å². The zero-order valence-electron chi connectivity index (χ0n) is 11.1. The fourth-order valence-corrected chi connectivity index (χ4v) is 2.64. The second-order valence-corrected chi connectivity index (χ2v) is 5.39. The van der Waals surface area contributed by atoms with Gasteiger partial charge in [-0.15, -0.1) is 0 Å². The molecule has 1 saturated carbocycles. The van der Waals surface area contributed by atoms with Crippen molar-refractivity contribution in [2.45, 2.75) is 39.2 Å². The number of benzene rings is 1. The maximum absolute atomic E-state index is 13.3. The maximum atomic E-state index is 13.3. The Balaban J connectivity index is 1.94. The molecule has 0 saturated heterocycles. The molecule has 5 heteroatoms. The van der Waals surface area contributed by atoms with Gasteiger partial charge in [-0.05, 0) is 36.3 Å². The maximum Gasteiger partial charge on any atom is 0.272 e. The Labute approximate surface area is 112 Å². The Morgan fingerprint density at radius 3 is 2.68 bits per heavy atom. The monoisotopic (exact) mass is 266 g/mol. The minimum absolute atomic E-state index is 0.189. The van der Waals surface area contributed by atoms with Gasteiger partial charge in [0.15, 0.2) is 0 Å². The Morgan fingerprint density at radius 1 is 1.42 bits per heavy atom. The van der Waals surface area contributed by atoms with Gasteiger partial charge in [-0.25, -0.2) is 4.39 Å². The molecule has 1 aliphatic rings. The van der Waals surface area contributed by atoms with Crippen molar-refractivity contribution in [2.75, 3.05) is 6.54 Å². The van der Waals surface area contributed by atoms with Crippen molar-refractivity contribution >= 4 is 5.69 Å². The molecule has 2 rings (SSSR count). The number of non-ortho nitro benzene ring substituents is 1. The molecular weight excluding hydrogens is 247 g/mol. The molecular formula is C14H19FN2O2. The average molecular weight is 266 g/mol. The predicted octanol–water partition coefficient (Wildman–Crippen LogP) is 3.40. The topological polar surface area (TPSA) is 55.2 Å². The molecule has 1 aromatic carbocycles. The molecule has 0 bridgehead atoms. The first-order valence-corrected chi connectivity index (χ1v) is 6.69. The van der Waals surface area contributed by atoms with E-state index in [-0.39, 0.29) is 5.69 Å². The van der Waals surface area contributed by atoms with E-state index in [1.807, 2.05) is 0 Å². The summed E-state index contributed by atoms with van der Waals surface area (Å²) >= 11 is 0. The van der Waals surface area contributed by atoms with E-state index in [4.69, 9.17) is 0 Å². The molecule has 0 aromatic heterocycles. The third-order valence-electron chi connectivity index (χ3n) is 4.15. The lowest BCUT2D eigenvalue weighted by molar-refractivity contribution is -0.385. The molecule has 1 N–H and O–H groups in total. The molecule has 0 radical (unpaired) electrons. The van der Waals surface area contributed by atoms with Crippen LogP contribution in [0.4, 0.5) is 10.1 Å². The second-order valence-electron chi connectivity index (χ2n) is 5.39. The summed E-state index contributed by atoms with van der Waals surface area (Å²) in [5, 5.41) is 14.0. The van der Waals surface area contributed by atoms with Crippen LogP contribution in [0.25, 0.3) is 0 Å². The summed E-state index contributed by atoms with van der Waals surface area (Å²) in [5.41, 5.74) is 0.821. The van der Waals surface area contributed by atoms with Gasteiger partial charge in [-0.3, -0.25) is 10.1 Å². The van der Waals surface area contributed by atoms with E-state index < -0.39 is 10.7 Å². The SMILES string of the molecule is CCC1(CNCc2cc(F)cc([N+](=O)[O-])c2)CCC1. The highest BCUT2D eigenvalue weighted by Gasteiger charge is 2.34. The molecule has 104 valence electrons. The molecule has 0 spiro atoms. The van der Waals surface area contributed by atoms with E-state index in [9.17, 15) is 14.5 Å². The summed E-state index contributed by atoms with van der Waals surface area (Å²) in [6.07, 6.45) is 4.89. The van der Waals surface area contributed by atoms with E-state index >= 15 is 0 Å². The third-order valence-corrected chi connectivity index (χ3v) is 4.15. The van der Waals surface area contributed by atoms with Crippen LogP contribution in [-0.2, 0) is 6.54 Å². The lowest BCUT2D eigenvalue weighted by Gasteiger charge is -2.41. The van der Waals surface area contributed by atoms with Crippen LogP contribution in [0.3, 0.4) is 0 Å². The van der Waals surface area contributed by atoms with Crippen LogP contribution in [0, 0.1) is 21.3 Å². The van der Waals surface area contributed by atoms with Crippen molar-refractivity contribution in [1.29, 1.82) is 0 Å². The molecule has 0 unspecified atom stereocenters. The Hall–Kier alpha value is -1.49. The summed E-state index contributed by atoms with van der Waals surface area (Å²) in [6, 6.07) is 3.72. The first-order valence-electron chi connectivity index (χ1n) is 6.69. The van der Waals surface area contributed by atoms with Crippen LogP contribution in [0.15, 0.2) is 18.2 Å². The van der Waals surface area contributed by atoms with E-state index in [0.717, 1.165) is 19.0 Å². The smallest absolute Gasteiger partial charge is 0.272 e. The van der Waals surface area contributed by atoms with Crippen LogP contribution >= 0.6 is 0 Å². The predicted molar refractivity (Wildman–Crippen MR) is 71.3 cm³/mol. The van der Waals surface area contributed by atoms with Gasteiger partial charge >= 0.3 is 0 Å². The van der Waals surface area contributed by atoms with Gasteiger partial charge in [-0.1, -0.05) is 13.3 Å². The Morgan fingerprint density at radius 2 is 2.16 bits per heavy atom. The number of nitrogens with one attached hydrogen (secondary N) is 1. The lowest BCUT2D eigenvalue weighted by Crippen LogP contribution is -2.39. The number of halogens is 1. The average Bonchev–Trinajstić information content (AvgIpc) is 2.32. The van der Waals surface area contributed by atoms with Crippen molar-refractivity contribution in [3.8, 4) is 0 Å². The Kier molecular flexibility index (Phi) is 4.14. The highest BCUT2D eigenvalue weighted by Crippen LogP contribution is 2.43. The lowest BCUT2D eigenvalue weighted by atomic mass is 9.67. The minimum atomic E-state index is -0.563. The summed E-state index contributed by atoms with van der Waals surface area (Å²) in [5.74, 6) is -0.556.